The van der Waals surface area contributed by atoms with E-state index >= 15 is 0 Å². The van der Waals surface area contributed by atoms with Crippen LogP contribution in [0.3, 0.4) is 0 Å². The molecule has 1 aliphatic rings. The predicted octanol–water partition coefficient (Wildman–Crippen LogP) is 5.05. The quantitative estimate of drug-likeness (QED) is 0.636. The van der Waals surface area contributed by atoms with Gasteiger partial charge in [-0.2, -0.15) is 0 Å². The number of nitrogens with zero attached hydrogens (tertiary/aromatic N) is 1. The summed E-state index contributed by atoms with van der Waals surface area (Å²) in [4.78, 5) is 2.52. The van der Waals surface area contributed by atoms with Crippen LogP contribution in [0.1, 0.15) is 22.7 Å². The lowest BCUT2D eigenvalue weighted by molar-refractivity contribution is 0.413. The highest BCUT2D eigenvalue weighted by Crippen LogP contribution is 2.37. The van der Waals surface area contributed by atoms with E-state index in [1.54, 1.807) is 14.2 Å². The van der Waals surface area contributed by atoms with Gasteiger partial charge in [0.05, 0.1) is 20.3 Å². The van der Waals surface area contributed by atoms with Crippen molar-refractivity contribution in [3.05, 3.63) is 89.5 Å². The molecule has 0 spiro atoms. The molecule has 3 nitrogen and oxygen atoms in total. The third kappa shape index (κ3) is 3.63. The molecule has 0 amide bonds. The number of rotatable bonds is 5. The fourth-order valence-corrected chi connectivity index (χ4v) is 3.96. The van der Waals surface area contributed by atoms with Gasteiger partial charge in [0, 0.05) is 12.2 Å². The maximum Gasteiger partial charge on any atom is 0.119 e. The summed E-state index contributed by atoms with van der Waals surface area (Å²) in [6.07, 6.45) is 2.00. The maximum absolute atomic E-state index is 5.44. The maximum atomic E-state index is 5.44. The van der Waals surface area contributed by atoms with Crippen LogP contribution in [0.4, 0.5) is 5.69 Å². The van der Waals surface area contributed by atoms with Gasteiger partial charge in [0.25, 0.3) is 0 Å². The van der Waals surface area contributed by atoms with Gasteiger partial charge in [-0.15, -0.1) is 0 Å². The van der Waals surface area contributed by atoms with E-state index in [9.17, 15) is 0 Å². The Kier molecular flexibility index (Phi) is 5.01. The van der Waals surface area contributed by atoms with Crippen molar-refractivity contribution in [2.45, 2.75) is 18.9 Å². The Bertz CT molecular complexity index is 890. The molecule has 1 aliphatic heterocycles. The fraction of sp³-hybridized carbons (Fsp3) is 0.250. The fourth-order valence-electron chi connectivity index (χ4n) is 3.96. The summed E-state index contributed by atoms with van der Waals surface area (Å²) >= 11 is 0. The molecule has 3 heteroatoms. The van der Waals surface area contributed by atoms with Gasteiger partial charge in [0.1, 0.15) is 11.5 Å². The number of hydrogen-bond acceptors (Lipinski definition) is 3. The zero-order chi connectivity index (χ0) is 18.6. The van der Waals surface area contributed by atoms with Crippen LogP contribution in [0, 0.1) is 0 Å². The first-order chi connectivity index (χ1) is 13.3. The highest BCUT2D eigenvalue weighted by atomic mass is 16.5. The van der Waals surface area contributed by atoms with E-state index in [4.69, 9.17) is 9.47 Å². The molecular weight excluding hydrogens is 334 g/mol. The van der Waals surface area contributed by atoms with Crippen molar-refractivity contribution in [1.82, 2.24) is 0 Å². The van der Waals surface area contributed by atoms with Crippen molar-refractivity contribution < 1.29 is 9.47 Å². The van der Waals surface area contributed by atoms with Gasteiger partial charge in [-0.25, -0.2) is 0 Å². The summed E-state index contributed by atoms with van der Waals surface area (Å²) in [7, 11) is 3.44. The second-order valence-electron chi connectivity index (χ2n) is 6.91. The van der Waals surface area contributed by atoms with Crippen LogP contribution in [-0.2, 0) is 12.8 Å². The van der Waals surface area contributed by atoms with E-state index in [1.165, 1.54) is 22.4 Å². The van der Waals surface area contributed by atoms with Gasteiger partial charge in [-0.1, -0.05) is 36.4 Å². The smallest absolute Gasteiger partial charge is 0.119 e. The van der Waals surface area contributed by atoms with Gasteiger partial charge < -0.3 is 14.4 Å². The van der Waals surface area contributed by atoms with Gasteiger partial charge in [0.15, 0.2) is 0 Å². The first-order valence-electron chi connectivity index (χ1n) is 9.40. The molecule has 3 aromatic rings. The number of hydrogen-bond donors (Lipinski definition) is 0. The SMILES string of the molecule is COc1ccc(N2CCc3cc(OC)ccc3C2Cc2ccccc2)cc1. The first kappa shape index (κ1) is 17.5. The zero-order valence-corrected chi connectivity index (χ0v) is 15.9. The number of benzene rings is 3. The largest absolute Gasteiger partial charge is 0.497 e. The zero-order valence-electron chi connectivity index (χ0n) is 15.9. The number of anilines is 1. The third-order valence-electron chi connectivity index (χ3n) is 5.38. The van der Waals surface area contributed by atoms with Crippen molar-refractivity contribution in [3.8, 4) is 11.5 Å². The molecule has 1 unspecified atom stereocenters. The monoisotopic (exact) mass is 359 g/mol. The van der Waals surface area contributed by atoms with E-state index in [2.05, 4.69) is 65.6 Å². The molecule has 1 atom stereocenters. The normalized spacial score (nSPS) is 15.9. The summed E-state index contributed by atoms with van der Waals surface area (Å²) in [5.74, 6) is 1.82. The van der Waals surface area contributed by atoms with Crippen LogP contribution in [0.15, 0.2) is 72.8 Å². The van der Waals surface area contributed by atoms with E-state index < -0.39 is 0 Å². The van der Waals surface area contributed by atoms with Crippen LogP contribution in [-0.4, -0.2) is 20.8 Å². The Morgan fingerprint density at radius 3 is 2.26 bits per heavy atom. The van der Waals surface area contributed by atoms with Crippen molar-refractivity contribution in [2.75, 3.05) is 25.7 Å². The summed E-state index contributed by atoms with van der Waals surface area (Å²) < 4.78 is 10.8. The van der Waals surface area contributed by atoms with Crippen molar-refractivity contribution >= 4 is 5.69 Å². The van der Waals surface area contributed by atoms with Crippen molar-refractivity contribution in [3.63, 3.8) is 0 Å². The van der Waals surface area contributed by atoms with Gasteiger partial charge in [-0.05, 0) is 65.9 Å². The average molecular weight is 359 g/mol. The number of methoxy groups -OCH3 is 2. The molecule has 4 rings (SSSR count). The molecule has 0 fully saturated rings. The van der Waals surface area contributed by atoms with Crippen LogP contribution >= 0.6 is 0 Å². The Morgan fingerprint density at radius 1 is 0.852 bits per heavy atom. The summed E-state index contributed by atoms with van der Waals surface area (Å²) in [6, 6.07) is 25.9. The van der Waals surface area contributed by atoms with Crippen molar-refractivity contribution in [1.29, 1.82) is 0 Å². The van der Waals surface area contributed by atoms with E-state index in [1.807, 2.05) is 12.1 Å². The first-order valence-corrected chi connectivity index (χ1v) is 9.40. The summed E-state index contributed by atoms with van der Waals surface area (Å²) in [6.45, 7) is 0.990. The average Bonchev–Trinajstić information content (AvgIpc) is 2.74. The standard InChI is InChI=1S/C24H25NO2/c1-26-21-10-8-20(9-11-21)25-15-14-19-17-22(27-2)12-13-23(19)24(25)16-18-6-4-3-5-7-18/h3-13,17,24H,14-16H2,1-2H3. The second-order valence-corrected chi connectivity index (χ2v) is 6.91. The third-order valence-corrected chi connectivity index (χ3v) is 5.38. The molecule has 0 bridgehead atoms. The highest BCUT2D eigenvalue weighted by molar-refractivity contribution is 5.55. The lowest BCUT2D eigenvalue weighted by Gasteiger charge is -2.39. The minimum absolute atomic E-state index is 0.301. The Labute approximate surface area is 161 Å². The van der Waals surface area contributed by atoms with Crippen LogP contribution < -0.4 is 14.4 Å². The predicted molar refractivity (Wildman–Crippen MR) is 110 cm³/mol. The molecule has 0 N–H and O–H groups in total. The summed E-state index contributed by atoms with van der Waals surface area (Å²) in [5, 5.41) is 0. The molecule has 0 saturated carbocycles. The topological polar surface area (TPSA) is 21.7 Å². The van der Waals surface area contributed by atoms with Crippen LogP contribution in [0.5, 0.6) is 11.5 Å². The van der Waals surface area contributed by atoms with Gasteiger partial charge in [-0.3, -0.25) is 0 Å². The second kappa shape index (κ2) is 7.75. The molecule has 0 saturated heterocycles. The van der Waals surface area contributed by atoms with Crippen molar-refractivity contribution in [2.24, 2.45) is 0 Å². The molecule has 0 aromatic heterocycles. The van der Waals surface area contributed by atoms with E-state index in [0.29, 0.717) is 6.04 Å². The number of fused-ring (bicyclic) bond motifs is 1. The molecule has 138 valence electrons. The Hall–Kier alpha value is -2.94. The molecular formula is C24H25NO2. The lowest BCUT2D eigenvalue weighted by Crippen LogP contribution is -2.36. The minimum Gasteiger partial charge on any atom is -0.497 e. The van der Waals surface area contributed by atoms with Crippen LogP contribution in [0.2, 0.25) is 0 Å². The highest BCUT2D eigenvalue weighted by Gasteiger charge is 2.28. The van der Waals surface area contributed by atoms with E-state index in [-0.39, 0.29) is 0 Å². The molecule has 0 radical (unpaired) electrons. The van der Waals surface area contributed by atoms with Gasteiger partial charge >= 0.3 is 0 Å². The number of ether oxygens (including phenoxy) is 2. The Balaban J connectivity index is 1.72. The van der Waals surface area contributed by atoms with E-state index in [0.717, 1.165) is 30.9 Å². The molecule has 27 heavy (non-hydrogen) atoms. The molecule has 0 aliphatic carbocycles. The molecule has 1 heterocycles. The van der Waals surface area contributed by atoms with Crippen LogP contribution in [0.25, 0.3) is 0 Å². The minimum atomic E-state index is 0.301. The lowest BCUT2D eigenvalue weighted by atomic mass is 9.88. The summed E-state index contributed by atoms with van der Waals surface area (Å²) in [5.41, 5.74) is 5.37. The molecule has 3 aromatic carbocycles. The van der Waals surface area contributed by atoms with Gasteiger partial charge in [0.2, 0.25) is 0 Å². The Morgan fingerprint density at radius 2 is 1.56 bits per heavy atom.